The summed E-state index contributed by atoms with van der Waals surface area (Å²) in [5.74, 6) is -0.388. The molecule has 0 aromatic heterocycles. The molecule has 0 saturated heterocycles. The van der Waals surface area contributed by atoms with Gasteiger partial charge < -0.3 is 15.0 Å². The van der Waals surface area contributed by atoms with Crippen LogP contribution in [0.5, 0.6) is 5.75 Å². The zero-order valence-electron chi connectivity index (χ0n) is 25.6. The number of halogens is 1. The number of aryl methyl sites for hydroxylation is 1. The van der Waals surface area contributed by atoms with Gasteiger partial charge in [-0.2, -0.15) is 0 Å². The fourth-order valence-electron chi connectivity index (χ4n) is 4.84. The molecule has 0 spiro atoms. The van der Waals surface area contributed by atoms with E-state index in [0.717, 1.165) is 31.9 Å². The molecule has 1 N–H and O–H groups in total. The van der Waals surface area contributed by atoms with Crippen molar-refractivity contribution in [3.63, 3.8) is 0 Å². The second-order valence-corrected chi connectivity index (χ2v) is 13.4. The Morgan fingerprint density at radius 2 is 1.58 bits per heavy atom. The van der Waals surface area contributed by atoms with Crippen LogP contribution in [0.15, 0.2) is 112 Å². The van der Waals surface area contributed by atoms with Crippen LogP contribution in [0.4, 0.5) is 5.69 Å². The largest absolute Gasteiger partial charge is 0.497 e. The summed E-state index contributed by atoms with van der Waals surface area (Å²) in [6.45, 7) is 3.84. The third-order valence-corrected chi connectivity index (χ3v) is 9.63. The van der Waals surface area contributed by atoms with E-state index in [4.69, 9.17) is 4.74 Å². The predicted molar refractivity (Wildman–Crippen MR) is 181 cm³/mol. The van der Waals surface area contributed by atoms with Crippen molar-refractivity contribution in [3.8, 4) is 5.75 Å². The summed E-state index contributed by atoms with van der Waals surface area (Å²) in [6.07, 6.45) is 0.978. The molecule has 8 nitrogen and oxygen atoms in total. The third-order valence-electron chi connectivity index (χ3n) is 7.32. The van der Waals surface area contributed by atoms with Gasteiger partial charge in [-0.1, -0.05) is 89.1 Å². The standard InChI is InChI=1S/C35H38BrN3O5S/c1-4-21-37-35(41)33(22-27-9-6-5-7-10-27)38(24-28-15-17-29(36)18-16-28)34(40)25-39(30-11-8-12-31(23-30)44-3)45(42,43)32-19-13-26(2)14-20-32/h5-20,23,33H,4,21-22,24-25H2,1-3H3,(H,37,41)/t33-/m0/s1. The molecule has 2 amide bonds. The van der Waals surface area contributed by atoms with E-state index in [1.54, 1.807) is 36.4 Å². The zero-order chi connectivity index (χ0) is 32.4. The first-order valence-electron chi connectivity index (χ1n) is 14.7. The van der Waals surface area contributed by atoms with E-state index in [9.17, 15) is 18.0 Å². The maximum atomic E-state index is 14.5. The zero-order valence-corrected chi connectivity index (χ0v) is 28.1. The van der Waals surface area contributed by atoms with Crippen LogP contribution in [0, 0.1) is 6.92 Å². The Morgan fingerprint density at radius 1 is 0.889 bits per heavy atom. The molecule has 4 rings (SSSR count). The minimum Gasteiger partial charge on any atom is -0.497 e. The van der Waals surface area contributed by atoms with Gasteiger partial charge in [0.15, 0.2) is 0 Å². The highest BCUT2D eigenvalue weighted by Crippen LogP contribution is 2.28. The van der Waals surface area contributed by atoms with Crippen molar-refractivity contribution in [1.29, 1.82) is 0 Å². The molecule has 0 bridgehead atoms. The molecule has 0 aliphatic rings. The Labute approximate surface area is 274 Å². The minimum atomic E-state index is -4.20. The monoisotopic (exact) mass is 691 g/mol. The molecule has 0 aliphatic heterocycles. The Kier molecular flexibility index (Phi) is 11.8. The minimum absolute atomic E-state index is 0.0460. The van der Waals surface area contributed by atoms with Gasteiger partial charge in [-0.05, 0) is 60.9 Å². The van der Waals surface area contributed by atoms with E-state index < -0.39 is 28.5 Å². The van der Waals surface area contributed by atoms with Gasteiger partial charge in [-0.15, -0.1) is 0 Å². The van der Waals surface area contributed by atoms with Crippen molar-refractivity contribution in [2.45, 2.75) is 44.2 Å². The Bertz CT molecular complexity index is 1680. The van der Waals surface area contributed by atoms with Crippen LogP contribution in [0.3, 0.4) is 0 Å². The molecule has 0 heterocycles. The van der Waals surface area contributed by atoms with Gasteiger partial charge in [-0.25, -0.2) is 8.42 Å². The van der Waals surface area contributed by atoms with E-state index in [-0.39, 0.29) is 29.5 Å². The molecule has 0 unspecified atom stereocenters. The Hall–Kier alpha value is -4.15. The molecular weight excluding hydrogens is 654 g/mol. The number of nitrogens with zero attached hydrogens (tertiary/aromatic N) is 2. The molecule has 236 valence electrons. The number of carbonyl (C=O) groups is 2. The van der Waals surface area contributed by atoms with Gasteiger partial charge in [0, 0.05) is 30.0 Å². The summed E-state index contributed by atoms with van der Waals surface area (Å²) >= 11 is 3.46. The van der Waals surface area contributed by atoms with E-state index >= 15 is 0 Å². The van der Waals surface area contributed by atoms with E-state index in [1.165, 1.54) is 24.1 Å². The van der Waals surface area contributed by atoms with Crippen LogP contribution in [-0.2, 0) is 32.6 Å². The average Bonchev–Trinajstić information content (AvgIpc) is 3.05. The Balaban J connectivity index is 1.80. The van der Waals surface area contributed by atoms with Crippen LogP contribution in [0.1, 0.15) is 30.0 Å². The SMILES string of the molecule is CCCNC(=O)[C@H](Cc1ccccc1)N(Cc1ccc(Br)cc1)C(=O)CN(c1cccc(OC)c1)S(=O)(=O)c1ccc(C)cc1. The number of methoxy groups -OCH3 is 1. The van der Waals surface area contributed by atoms with Crippen LogP contribution < -0.4 is 14.4 Å². The molecule has 0 saturated carbocycles. The molecule has 0 radical (unpaired) electrons. The first-order valence-corrected chi connectivity index (χ1v) is 16.9. The van der Waals surface area contributed by atoms with Crippen LogP contribution in [-0.4, -0.2) is 51.4 Å². The number of ether oxygens (including phenoxy) is 1. The molecule has 10 heteroatoms. The Morgan fingerprint density at radius 3 is 2.22 bits per heavy atom. The highest BCUT2D eigenvalue weighted by atomic mass is 79.9. The van der Waals surface area contributed by atoms with Crippen LogP contribution in [0.25, 0.3) is 0 Å². The van der Waals surface area contributed by atoms with Crippen molar-refractivity contribution in [1.82, 2.24) is 10.2 Å². The van der Waals surface area contributed by atoms with Crippen molar-refractivity contribution in [2.75, 3.05) is 24.5 Å². The summed E-state index contributed by atoms with van der Waals surface area (Å²) in [5, 5.41) is 2.96. The van der Waals surface area contributed by atoms with Crippen molar-refractivity contribution >= 4 is 43.5 Å². The smallest absolute Gasteiger partial charge is 0.264 e. The van der Waals surface area contributed by atoms with Gasteiger partial charge in [0.05, 0.1) is 17.7 Å². The summed E-state index contributed by atoms with van der Waals surface area (Å²) in [7, 11) is -2.71. The summed E-state index contributed by atoms with van der Waals surface area (Å²) in [4.78, 5) is 29.8. The molecule has 4 aromatic rings. The van der Waals surface area contributed by atoms with E-state index in [2.05, 4.69) is 21.2 Å². The second-order valence-electron chi connectivity index (χ2n) is 10.7. The number of hydrogen-bond donors (Lipinski definition) is 1. The lowest BCUT2D eigenvalue weighted by molar-refractivity contribution is -0.140. The van der Waals surface area contributed by atoms with E-state index in [1.807, 2.05) is 68.4 Å². The van der Waals surface area contributed by atoms with Crippen LogP contribution in [0.2, 0.25) is 0 Å². The second kappa shape index (κ2) is 15.7. The average molecular weight is 693 g/mol. The number of nitrogens with one attached hydrogen (secondary N) is 1. The first kappa shape index (κ1) is 33.7. The summed E-state index contributed by atoms with van der Waals surface area (Å²) < 4.78 is 35.7. The number of benzene rings is 4. The maximum Gasteiger partial charge on any atom is 0.264 e. The van der Waals surface area contributed by atoms with Crippen molar-refractivity contribution in [3.05, 3.63) is 124 Å². The van der Waals surface area contributed by atoms with E-state index in [0.29, 0.717) is 12.3 Å². The highest BCUT2D eigenvalue weighted by molar-refractivity contribution is 9.10. The number of sulfonamides is 1. The topological polar surface area (TPSA) is 96.0 Å². The number of amides is 2. The van der Waals surface area contributed by atoms with Crippen molar-refractivity contribution in [2.24, 2.45) is 0 Å². The number of anilines is 1. The molecule has 0 aliphatic carbocycles. The molecule has 1 atom stereocenters. The normalized spacial score (nSPS) is 11.8. The molecule has 4 aromatic carbocycles. The fraction of sp³-hybridized carbons (Fsp3) is 0.257. The fourth-order valence-corrected chi connectivity index (χ4v) is 6.51. The van der Waals surface area contributed by atoms with Crippen molar-refractivity contribution < 1.29 is 22.7 Å². The predicted octanol–water partition coefficient (Wildman–Crippen LogP) is 6.13. The molecule has 0 fully saturated rings. The summed E-state index contributed by atoms with van der Waals surface area (Å²) in [5.41, 5.74) is 2.84. The van der Waals surface area contributed by atoms with Gasteiger partial charge in [0.25, 0.3) is 10.0 Å². The lowest BCUT2D eigenvalue weighted by Gasteiger charge is -2.34. The van der Waals surface area contributed by atoms with Gasteiger partial charge >= 0.3 is 0 Å². The highest BCUT2D eigenvalue weighted by Gasteiger charge is 2.34. The maximum absolute atomic E-state index is 14.5. The van der Waals surface area contributed by atoms with Crippen LogP contribution >= 0.6 is 15.9 Å². The molecular formula is C35H38BrN3O5S. The number of carbonyl (C=O) groups excluding carboxylic acids is 2. The summed E-state index contributed by atoms with van der Waals surface area (Å²) in [6, 6.07) is 29.1. The number of hydrogen-bond acceptors (Lipinski definition) is 5. The third kappa shape index (κ3) is 8.95. The van der Waals surface area contributed by atoms with Gasteiger partial charge in [-0.3, -0.25) is 13.9 Å². The first-order chi connectivity index (χ1) is 21.6. The quantitative estimate of drug-likeness (QED) is 0.172. The number of rotatable bonds is 14. The lowest BCUT2D eigenvalue weighted by Crippen LogP contribution is -2.53. The van der Waals surface area contributed by atoms with Gasteiger partial charge in [0.1, 0.15) is 18.3 Å². The molecule has 45 heavy (non-hydrogen) atoms. The lowest BCUT2D eigenvalue weighted by atomic mass is 10.0. The van der Waals surface area contributed by atoms with Gasteiger partial charge in [0.2, 0.25) is 11.8 Å².